The van der Waals surface area contributed by atoms with E-state index in [1.165, 1.54) is 11.0 Å². The first-order chi connectivity index (χ1) is 25.7. The number of benzene rings is 4. The maximum atomic E-state index is 4.87. The second kappa shape index (κ2) is 15.2. The molecule has 53 heavy (non-hydrogen) atoms. The van der Waals surface area contributed by atoms with Crippen LogP contribution in [0.4, 0.5) is 0 Å². The molecule has 6 aromatic heterocycles. The minimum Gasteiger partial charge on any atom is -0.406 e. The molecule has 0 N–H and O–H groups in total. The van der Waals surface area contributed by atoms with E-state index in [2.05, 4.69) is 110 Å². The largest absolute Gasteiger partial charge is 3.00 e. The molecule has 0 unspecified atom stereocenters. The van der Waals surface area contributed by atoms with Crippen LogP contribution in [0.1, 0.15) is 22.8 Å². The Morgan fingerprint density at radius 3 is 1.51 bits per heavy atom. The summed E-state index contributed by atoms with van der Waals surface area (Å²) in [4.78, 5) is 9.67. The number of rotatable bonds is 8. The van der Waals surface area contributed by atoms with Gasteiger partial charge >= 0.3 is 20.1 Å². The molecule has 0 fully saturated rings. The van der Waals surface area contributed by atoms with E-state index in [-0.39, 0.29) is 20.1 Å². The van der Waals surface area contributed by atoms with Crippen molar-refractivity contribution in [1.29, 1.82) is 0 Å². The number of hydrogen-bond donors (Lipinski definition) is 0. The first-order valence-electron chi connectivity index (χ1n) is 17.3. The van der Waals surface area contributed by atoms with Crippen LogP contribution in [0.3, 0.4) is 0 Å². The molecule has 0 radical (unpaired) electrons. The van der Waals surface area contributed by atoms with Gasteiger partial charge in [0.05, 0.1) is 60.7 Å². The van der Waals surface area contributed by atoms with Crippen molar-refractivity contribution in [2.45, 2.75) is 26.2 Å². The third kappa shape index (κ3) is 7.31. The maximum absolute atomic E-state index is 4.87. The molecular formula is C44H33IrN8. The Hall–Kier alpha value is -6.15. The smallest absolute Gasteiger partial charge is 0.406 e. The van der Waals surface area contributed by atoms with Gasteiger partial charge < -0.3 is 13.8 Å². The number of para-hydroxylation sites is 4. The number of pyridine rings is 2. The van der Waals surface area contributed by atoms with Gasteiger partial charge in [0.1, 0.15) is 0 Å². The van der Waals surface area contributed by atoms with Gasteiger partial charge in [-0.2, -0.15) is 46.2 Å². The minimum atomic E-state index is 0. The molecule has 0 amide bonds. The van der Waals surface area contributed by atoms with Gasteiger partial charge in [0, 0.05) is 5.39 Å². The molecule has 0 aliphatic carbocycles. The van der Waals surface area contributed by atoms with E-state index in [0.29, 0.717) is 13.1 Å². The summed E-state index contributed by atoms with van der Waals surface area (Å²) in [6.45, 7) is 2.76. The predicted molar refractivity (Wildman–Crippen MR) is 205 cm³/mol. The van der Waals surface area contributed by atoms with Crippen molar-refractivity contribution in [3.05, 3.63) is 193 Å². The fourth-order valence-electron chi connectivity index (χ4n) is 6.69. The normalized spacial score (nSPS) is 11.2. The van der Waals surface area contributed by atoms with Crippen LogP contribution in [0.15, 0.2) is 152 Å². The van der Waals surface area contributed by atoms with Crippen LogP contribution in [0.2, 0.25) is 0 Å². The van der Waals surface area contributed by atoms with Crippen LogP contribution in [0.5, 0.6) is 0 Å². The second-order valence-electron chi connectivity index (χ2n) is 12.7. The molecule has 0 aliphatic heterocycles. The fraction of sp³-hybridized carbons (Fsp3) is 0.0909. The average Bonchev–Trinajstić information content (AvgIpc) is 3.99. The van der Waals surface area contributed by atoms with Gasteiger partial charge in [-0.25, -0.2) is 0 Å². The molecule has 0 saturated carbocycles. The van der Waals surface area contributed by atoms with Crippen molar-refractivity contribution in [3.63, 3.8) is 0 Å². The van der Waals surface area contributed by atoms with Gasteiger partial charge in [-0.05, 0) is 42.0 Å². The molecule has 0 atom stereocenters. The van der Waals surface area contributed by atoms with E-state index in [9.17, 15) is 0 Å². The van der Waals surface area contributed by atoms with Crippen molar-refractivity contribution >= 4 is 43.6 Å². The molecule has 8 nitrogen and oxygen atoms in total. The molecule has 10 rings (SSSR count). The van der Waals surface area contributed by atoms with Gasteiger partial charge in [0.25, 0.3) is 0 Å². The van der Waals surface area contributed by atoms with Crippen LogP contribution in [0.25, 0.3) is 43.6 Å². The summed E-state index contributed by atoms with van der Waals surface area (Å²) >= 11 is 0. The van der Waals surface area contributed by atoms with Crippen LogP contribution < -0.4 is 0 Å². The molecule has 6 heterocycles. The zero-order chi connectivity index (χ0) is 34.7. The number of aromatic nitrogens is 8. The second-order valence-corrected chi connectivity index (χ2v) is 12.7. The van der Waals surface area contributed by atoms with Crippen molar-refractivity contribution in [2.24, 2.45) is 0 Å². The molecular weight excluding hydrogens is 833 g/mol. The van der Waals surface area contributed by atoms with E-state index >= 15 is 0 Å². The van der Waals surface area contributed by atoms with Crippen molar-refractivity contribution < 1.29 is 20.1 Å². The van der Waals surface area contributed by atoms with E-state index < -0.39 is 0 Å². The summed E-state index contributed by atoms with van der Waals surface area (Å²) in [6, 6.07) is 51.9. The molecule has 9 heteroatoms. The molecule has 4 aromatic carbocycles. The summed E-state index contributed by atoms with van der Waals surface area (Å²) in [5, 5.41) is 13.3. The van der Waals surface area contributed by atoms with Crippen molar-refractivity contribution in [3.8, 4) is 0 Å². The van der Waals surface area contributed by atoms with Gasteiger partial charge in [-0.1, -0.05) is 90.2 Å². The van der Waals surface area contributed by atoms with Gasteiger partial charge in [-0.3, -0.25) is 19.7 Å². The molecule has 0 bridgehead atoms. The number of hydrogen-bond acceptors (Lipinski definition) is 4. The maximum Gasteiger partial charge on any atom is 3.00 e. The summed E-state index contributed by atoms with van der Waals surface area (Å²) in [5.41, 5.74) is 8.62. The van der Waals surface area contributed by atoms with Gasteiger partial charge in [0.2, 0.25) is 0 Å². The van der Waals surface area contributed by atoms with Crippen LogP contribution in [0, 0.1) is 18.3 Å². The standard InChI is InChI=1S/C23H17N3.C21H16N5.Ir/c1-3-10-22-18(6-1)12-14-25(22)16-20-8-5-9-21(24-20)17-26-15-13-19-7-2-4-11-23(19)26;1-3-10-20-16(6-1)12-22-25(20)14-18-8-5-9-19(24-18)15-26-21-11-4-2-7-17(21)13-23-26;/h1-11,14-15H,16-17H2;1-12H,14-15H2;/q-2;-1;+3. The van der Waals surface area contributed by atoms with Crippen molar-refractivity contribution in [1.82, 2.24) is 38.7 Å². The topological polar surface area (TPSA) is 71.3 Å². The van der Waals surface area contributed by atoms with Crippen LogP contribution in [-0.4, -0.2) is 38.7 Å². The zero-order valence-electron chi connectivity index (χ0n) is 28.7. The van der Waals surface area contributed by atoms with Crippen molar-refractivity contribution in [2.75, 3.05) is 0 Å². The first-order valence-corrected chi connectivity index (χ1v) is 17.3. The SMILES string of the molecule is [Ir+3].[c-]1cn(Cc2cccc(Cn3c[c-]c4ccccc43)n2)c2ccccc12.[c-]1nn(Cc2cccc(Cn3ncc4ccccc43)n2)c2ccccc12. The Kier molecular flexibility index (Phi) is 9.75. The van der Waals surface area contributed by atoms with E-state index in [1.807, 2.05) is 88.6 Å². The Morgan fingerprint density at radius 2 is 0.906 bits per heavy atom. The Morgan fingerprint density at radius 1 is 0.434 bits per heavy atom. The number of fused-ring (bicyclic) bond motifs is 4. The monoisotopic (exact) mass is 866 g/mol. The minimum absolute atomic E-state index is 0. The van der Waals surface area contributed by atoms with Gasteiger partial charge in [-0.15, -0.1) is 23.6 Å². The molecule has 10 aromatic rings. The van der Waals surface area contributed by atoms with Crippen LogP contribution in [-0.2, 0) is 46.3 Å². The first kappa shape index (κ1) is 34.0. The summed E-state index contributed by atoms with van der Waals surface area (Å²) in [5.74, 6) is 0. The third-order valence-corrected chi connectivity index (χ3v) is 9.22. The molecule has 0 saturated heterocycles. The average molecular weight is 866 g/mol. The van der Waals surface area contributed by atoms with E-state index in [0.717, 1.165) is 68.4 Å². The van der Waals surface area contributed by atoms with E-state index in [4.69, 9.17) is 9.97 Å². The summed E-state index contributed by atoms with van der Waals surface area (Å²) in [6.07, 6.45) is 8.96. The number of nitrogens with zero attached hydrogens (tertiary/aromatic N) is 8. The fourth-order valence-corrected chi connectivity index (χ4v) is 6.69. The van der Waals surface area contributed by atoms with Gasteiger partial charge in [0.15, 0.2) is 0 Å². The molecule has 0 spiro atoms. The molecule has 0 aliphatic rings. The van der Waals surface area contributed by atoms with E-state index in [1.54, 1.807) is 0 Å². The zero-order valence-corrected chi connectivity index (χ0v) is 31.1. The third-order valence-electron chi connectivity index (χ3n) is 9.22. The Bertz CT molecular complexity index is 2410. The quantitative estimate of drug-likeness (QED) is 0.144. The molecule has 258 valence electrons. The summed E-state index contributed by atoms with van der Waals surface area (Å²) in [7, 11) is 0. The Labute approximate surface area is 320 Å². The Balaban J connectivity index is 0.000000148. The summed E-state index contributed by atoms with van der Waals surface area (Å²) < 4.78 is 8.31. The van der Waals surface area contributed by atoms with Crippen LogP contribution >= 0.6 is 0 Å². The predicted octanol–water partition coefficient (Wildman–Crippen LogP) is 8.36.